The van der Waals surface area contributed by atoms with Gasteiger partial charge in [-0.25, -0.2) is 0 Å². The van der Waals surface area contributed by atoms with Crippen LogP contribution in [0.4, 0.5) is 0 Å². The molecule has 0 amide bonds. The molecule has 3 nitrogen and oxygen atoms in total. The van der Waals surface area contributed by atoms with E-state index < -0.39 is 0 Å². The Morgan fingerprint density at radius 1 is 1.24 bits per heavy atom. The van der Waals surface area contributed by atoms with Gasteiger partial charge in [0, 0.05) is 5.56 Å². The predicted molar refractivity (Wildman–Crippen MR) is 65.8 cm³/mol. The Hall–Kier alpha value is -1.77. The van der Waals surface area contributed by atoms with Crippen LogP contribution in [0.1, 0.15) is 26.2 Å². The molecule has 0 aliphatic heterocycles. The summed E-state index contributed by atoms with van der Waals surface area (Å²) in [6.07, 6.45) is 6.14. The Labute approximate surface area is 101 Å². The Morgan fingerprint density at radius 2 is 2.06 bits per heavy atom. The first-order valence-corrected chi connectivity index (χ1v) is 5.97. The zero-order valence-electron chi connectivity index (χ0n) is 9.98. The van der Waals surface area contributed by atoms with Gasteiger partial charge in [0.2, 0.25) is 5.76 Å². The molecule has 0 bridgehead atoms. The van der Waals surface area contributed by atoms with E-state index in [0.29, 0.717) is 18.1 Å². The third-order valence-electron chi connectivity index (χ3n) is 2.52. The third kappa shape index (κ3) is 3.09. The van der Waals surface area contributed by atoms with Crippen LogP contribution >= 0.6 is 0 Å². The molecule has 0 fully saturated rings. The minimum atomic E-state index is 0.604. The van der Waals surface area contributed by atoms with E-state index in [2.05, 4.69) is 18.3 Å². The molecule has 0 N–H and O–H groups in total. The van der Waals surface area contributed by atoms with E-state index in [-0.39, 0.29) is 0 Å². The molecule has 1 aromatic heterocycles. The van der Waals surface area contributed by atoms with Crippen molar-refractivity contribution in [1.29, 1.82) is 0 Å². The van der Waals surface area contributed by atoms with E-state index in [4.69, 9.17) is 9.26 Å². The molecule has 89 valence electrons. The number of aromatic nitrogens is 1. The standard InChI is InChI=1S/C14H16NO2/c1-2-3-7-10-16-13-11-15-17-14(13)12-8-5-4-6-9-12/h4-6,8-9H,2-3,7,10H2,1H3. The first kappa shape index (κ1) is 11.7. The summed E-state index contributed by atoms with van der Waals surface area (Å²) >= 11 is 0. The van der Waals surface area contributed by atoms with Crippen molar-refractivity contribution in [2.75, 3.05) is 6.61 Å². The lowest BCUT2D eigenvalue weighted by molar-refractivity contribution is 0.304. The number of hydrogen-bond acceptors (Lipinski definition) is 3. The number of hydrogen-bond donors (Lipinski definition) is 0. The Balaban J connectivity index is 2.02. The normalized spacial score (nSPS) is 10.4. The largest absolute Gasteiger partial charge is 0.487 e. The van der Waals surface area contributed by atoms with Crippen LogP contribution in [0.25, 0.3) is 11.3 Å². The topological polar surface area (TPSA) is 35.3 Å². The fraction of sp³-hybridized carbons (Fsp3) is 0.357. The Bertz CT molecular complexity index is 436. The summed E-state index contributed by atoms with van der Waals surface area (Å²) in [7, 11) is 0. The molecule has 0 aliphatic carbocycles. The first-order valence-electron chi connectivity index (χ1n) is 5.97. The van der Waals surface area contributed by atoms with Gasteiger partial charge in [-0.1, -0.05) is 55.3 Å². The summed E-state index contributed by atoms with van der Waals surface area (Å²) in [6, 6.07) is 9.81. The Morgan fingerprint density at radius 3 is 2.82 bits per heavy atom. The highest BCUT2D eigenvalue weighted by Crippen LogP contribution is 2.29. The molecule has 17 heavy (non-hydrogen) atoms. The van der Waals surface area contributed by atoms with Gasteiger partial charge in [0.25, 0.3) is 0 Å². The molecule has 0 saturated heterocycles. The molecular formula is C14H16NO2. The van der Waals surface area contributed by atoms with Crippen LogP contribution in [0, 0.1) is 6.20 Å². The molecule has 0 unspecified atom stereocenters. The number of ether oxygens (including phenoxy) is 1. The van der Waals surface area contributed by atoms with Gasteiger partial charge < -0.3 is 9.26 Å². The molecule has 0 atom stereocenters. The van der Waals surface area contributed by atoms with E-state index in [1.165, 1.54) is 12.8 Å². The highest BCUT2D eigenvalue weighted by molar-refractivity contribution is 5.63. The quantitative estimate of drug-likeness (QED) is 0.709. The van der Waals surface area contributed by atoms with Gasteiger partial charge in [-0.15, -0.1) is 0 Å². The average Bonchev–Trinajstić information content (AvgIpc) is 2.84. The summed E-state index contributed by atoms with van der Waals surface area (Å²) in [5, 5.41) is 3.67. The molecule has 0 spiro atoms. The van der Waals surface area contributed by atoms with Crippen LogP contribution < -0.4 is 4.74 Å². The highest BCUT2D eigenvalue weighted by Gasteiger charge is 2.11. The lowest BCUT2D eigenvalue weighted by atomic mass is 10.2. The van der Waals surface area contributed by atoms with Gasteiger partial charge in [0.1, 0.15) is 0 Å². The van der Waals surface area contributed by atoms with E-state index in [0.717, 1.165) is 12.0 Å². The minimum absolute atomic E-state index is 0.604. The molecule has 3 heteroatoms. The maximum atomic E-state index is 5.62. The van der Waals surface area contributed by atoms with Crippen LogP contribution in [-0.2, 0) is 0 Å². The molecule has 1 aromatic carbocycles. The number of rotatable bonds is 6. The second-order valence-corrected chi connectivity index (χ2v) is 3.87. The van der Waals surface area contributed by atoms with Crippen LogP contribution in [0.15, 0.2) is 34.9 Å². The SMILES string of the molecule is CCCCCOc1[c]noc1-c1ccccc1. The maximum Gasteiger partial charge on any atom is 0.209 e. The second-order valence-electron chi connectivity index (χ2n) is 3.87. The van der Waals surface area contributed by atoms with E-state index in [1.54, 1.807) is 0 Å². The molecule has 2 aromatic rings. The summed E-state index contributed by atoms with van der Waals surface area (Å²) < 4.78 is 10.8. The summed E-state index contributed by atoms with van der Waals surface area (Å²) in [5.41, 5.74) is 0.965. The van der Waals surface area contributed by atoms with Crippen molar-refractivity contribution in [3.05, 3.63) is 36.5 Å². The fourth-order valence-corrected chi connectivity index (χ4v) is 1.60. The van der Waals surface area contributed by atoms with Crippen LogP contribution in [-0.4, -0.2) is 11.8 Å². The van der Waals surface area contributed by atoms with Gasteiger partial charge in [-0.2, -0.15) is 0 Å². The van der Waals surface area contributed by atoms with Crippen molar-refractivity contribution in [2.45, 2.75) is 26.2 Å². The highest BCUT2D eigenvalue weighted by atomic mass is 16.5. The van der Waals surface area contributed by atoms with Gasteiger partial charge in [-0.05, 0) is 6.42 Å². The molecule has 0 saturated carbocycles. The summed E-state index contributed by atoms with van der Waals surface area (Å²) in [6.45, 7) is 2.85. The lowest BCUT2D eigenvalue weighted by Crippen LogP contribution is -1.97. The van der Waals surface area contributed by atoms with Crippen molar-refractivity contribution < 1.29 is 9.26 Å². The Kier molecular flexibility index (Phi) is 4.19. The molecule has 1 radical (unpaired) electrons. The average molecular weight is 230 g/mol. The second kappa shape index (κ2) is 6.09. The van der Waals surface area contributed by atoms with Crippen molar-refractivity contribution in [3.8, 4) is 17.1 Å². The van der Waals surface area contributed by atoms with Crippen molar-refractivity contribution in [3.63, 3.8) is 0 Å². The maximum absolute atomic E-state index is 5.62. The molecule has 0 aliphatic rings. The third-order valence-corrected chi connectivity index (χ3v) is 2.52. The zero-order chi connectivity index (χ0) is 11.9. The van der Waals surface area contributed by atoms with E-state index in [9.17, 15) is 0 Å². The molecule has 2 rings (SSSR count). The van der Waals surface area contributed by atoms with E-state index >= 15 is 0 Å². The monoisotopic (exact) mass is 230 g/mol. The van der Waals surface area contributed by atoms with Crippen LogP contribution in [0.2, 0.25) is 0 Å². The van der Waals surface area contributed by atoms with Gasteiger partial charge >= 0.3 is 0 Å². The smallest absolute Gasteiger partial charge is 0.209 e. The van der Waals surface area contributed by atoms with Crippen LogP contribution in [0.3, 0.4) is 0 Å². The zero-order valence-corrected chi connectivity index (χ0v) is 9.98. The minimum Gasteiger partial charge on any atom is -0.487 e. The first-order chi connectivity index (χ1) is 8.42. The van der Waals surface area contributed by atoms with E-state index in [1.807, 2.05) is 30.3 Å². The van der Waals surface area contributed by atoms with Crippen molar-refractivity contribution in [1.82, 2.24) is 5.16 Å². The van der Waals surface area contributed by atoms with Gasteiger partial charge in [-0.3, -0.25) is 0 Å². The molecular weight excluding hydrogens is 214 g/mol. The van der Waals surface area contributed by atoms with Gasteiger partial charge in [0.05, 0.1) is 6.61 Å². The fourth-order valence-electron chi connectivity index (χ4n) is 1.60. The number of unbranched alkanes of at least 4 members (excludes halogenated alkanes) is 2. The lowest BCUT2D eigenvalue weighted by Gasteiger charge is -2.04. The van der Waals surface area contributed by atoms with Gasteiger partial charge in [0.15, 0.2) is 11.9 Å². The van der Waals surface area contributed by atoms with Crippen molar-refractivity contribution in [2.24, 2.45) is 0 Å². The number of benzene rings is 1. The van der Waals surface area contributed by atoms with Crippen molar-refractivity contribution >= 4 is 0 Å². The number of nitrogens with zero attached hydrogens (tertiary/aromatic N) is 1. The summed E-state index contributed by atoms with van der Waals surface area (Å²) in [4.78, 5) is 0. The predicted octanol–water partition coefficient (Wildman–Crippen LogP) is 3.71. The van der Waals surface area contributed by atoms with Crippen LogP contribution in [0.5, 0.6) is 5.75 Å². The molecule has 1 heterocycles. The summed E-state index contributed by atoms with van der Waals surface area (Å²) in [5.74, 6) is 1.26.